The smallest absolute Gasteiger partial charge is 0.335 e. The van der Waals surface area contributed by atoms with Crippen molar-refractivity contribution in [1.29, 1.82) is 0 Å². The zero-order valence-corrected chi connectivity index (χ0v) is 11.0. The molecule has 0 unspecified atom stereocenters. The normalized spacial score (nSPS) is 10.2. The SMILES string of the molecule is O=C(O)c1ccc(Sc2ccc(Br)cn2)cc1. The maximum absolute atomic E-state index is 10.7. The van der Waals surface area contributed by atoms with E-state index < -0.39 is 5.97 Å². The van der Waals surface area contributed by atoms with Crippen LogP contribution in [0.3, 0.4) is 0 Å². The first-order chi connectivity index (χ1) is 8.15. The minimum atomic E-state index is -0.914. The van der Waals surface area contributed by atoms with Gasteiger partial charge in [0.25, 0.3) is 0 Å². The maximum atomic E-state index is 10.7. The molecule has 1 heterocycles. The molecule has 0 saturated carbocycles. The molecule has 0 fully saturated rings. The zero-order valence-electron chi connectivity index (χ0n) is 8.63. The van der Waals surface area contributed by atoms with Crippen LogP contribution in [0.25, 0.3) is 0 Å². The molecule has 0 atom stereocenters. The summed E-state index contributed by atoms with van der Waals surface area (Å²) in [6.07, 6.45) is 1.73. The van der Waals surface area contributed by atoms with Gasteiger partial charge in [0, 0.05) is 15.6 Å². The highest BCUT2D eigenvalue weighted by Crippen LogP contribution is 2.26. The van der Waals surface area contributed by atoms with Crippen LogP contribution in [-0.4, -0.2) is 16.1 Å². The van der Waals surface area contributed by atoms with Crippen LogP contribution in [-0.2, 0) is 0 Å². The summed E-state index contributed by atoms with van der Waals surface area (Å²) >= 11 is 4.81. The van der Waals surface area contributed by atoms with E-state index in [0.717, 1.165) is 14.4 Å². The van der Waals surface area contributed by atoms with Crippen LogP contribution in [0.4, 0.5) is 0 Å². The molecule has 1 N–H and O–H groups in total. The van der Waals surface area contributed by atoms with E-state index >= 15 is 0 Å². The number of carboxylic acid groups (broad SMARTS) is 1. The molecule has 2 aromatic rings. The molecule has 86 valence electrons. The quantitative estimate of drug-likeness (QED) is 0.939. The van der Waals surface area contributed by atoms with Crippen molar-refractivity contribution in [2.24, 2.45) is 0 Å². The lowest BCUT2D eigenvalue weighted by molar-refractivity contribution is 0.0697. The van der Waals surface area contributed by atoms with Crippen LogP contribution in [0.1, 0.15) is 10.4 Å². The van der Waals surface area contributed by atoms with Crippen LogP contribution in [0.5, 0.6) is 0 Å². The summed E-state index contributed by atoms with van der Waals surface area (Å²) in [5.41, 5.74) is 0.290. The van der Waals surface area contributed by atoms with E-state index in [2.05, 4.69) is 20.9 Å². The molecule has 0 saturated heterocycles. The highest BCUT2D eigenvalue weighted by Gasteiger charge is 2.03. The maximum Gasteiger partial charge on any atom is 0.335 e. The Hall–Kier alpha value is -1.33. The van der Waals surface area contributed by atoms with E-state index in [1.54, 1.807) is 30.5 Å². The van der Waals surface area contributed by atoms with Gasteiger partial charge in [-0.1, -0.05) is 11.8 Å². The second kappa shape index (κ2) is 5.33. The van der Waals surface area contributed by atoms with E-state index in [1.807, 2.05) is 12.1 Å². The Bertz CT molecular complexity index is 525. The number of hydrogen-bond acceptors (Lipinski definition) is 3. The van der Waals surface area contributed by atoms with E-state index in [9.17, 15) is 4.79 Å². The fourth-order valence-electron chi connectivity index (χ4n) is 1.21. The largest absolute Gasteiger partial charge is 0.478 e. The monoisotopic (exact) mass is 309 g/mol. The molecular weight excluding hydrogens is 302 g/mol. The fraction of sp³-hybridized carbons (Fsp3) is 0. The molecule has 3 nitrogen and oxygen atoms in total. The van der Waals surface area contributed by atoms with Crippen LogP contribution in [0.15, 0.2) is 57.0 Å². The number of aromatic carboxylic acids is 1. The molecule has 5 heteroatoms. The van der Waals surface area contributed by atoms with Crippen LogP contribution < -0.4 is 0 Å². The van der Waals surface area contributed by atoms with Crippen molar-refractivity contribution in [3.63, 3.8) is 0 Å². The van der Waals surface area contributed by atoms with Gasteiger partial charge in [-0.05, 0) is 52.3 Å². The van der Waals surface area contributed by atoms with Crippen molar-refractivity contribution >= 4 is 33.7 Å². The average molecular weight is 310 g/mol. The van der Waals surface area contributed by atoms with Crippen LogP contribution >= 0.6 is 27.7 Å². The lowest BCUT2D eigenvalue weighted by atomic mass is 10.2. The highest BCUT2D eigenvalue weighted by atomic mass is 79.9. The van der Waals surface area contributed by atoms with Crippen LogP contribution in [0, 0.1) is 0 Å². The van der Waals surface area contributed by atoms with Crippen molar-refractivity contribution in [3.8, 4) is 0 Å². The van der Waals surface area contributed by atoms with Crippen molar-refractivity contribution in [2.45, 2.75) is 9.92 Å². The number of hydrogen-bond donors (Lipinski definition) is 1. The molecule has 17 heavy (non-hydrogen) atoms. The molecule has 0 aliphatic carbocycles. The van der Waals surface area contributed by atoms with E-state index in [4.69, 9.17) is 5.11 Å². The van der Waals surface area contributed by atoms with Gasteiger partial charge in [0.15, 0.2) is 0 Å². The van der Waals surface area contributed by atoms with Gasteiger partial charge < -0.3 is 5.11 Å². The summed E-state index contributed by atoms with van der Waals surface area (Å²) in [5, 5.41) is 9.64. The zero-order chi connectivity index (χ0) is 12.3. The number of carbonyl (C=O) groups is 1. The van der Waals surface area contributed by atoms with Crippen molar-refractivity contribution in [1.82, 2.24) is 4.98 Å². The third kappa shape index (κ3) is 3.31. The minimum absolute atomic E-state index is 0.290. The molecule has 0 aliphatic rings. The molecule has 0 amide bonds. The molecule has 0 spiro atoms. The summed E-state index contributed by atoms with van der Waals surface area (Å²) < 4.78 is 0.933. The fourth-order valence-corrected chi connectivity index (χ4v) is 2.20. The number of carboxylic acids is 1. The third-order valence-electron chi connectivity index (χ3n) is 2.02. The van der Waals surface area contributed by atoms with Gasteiger partial charge >= 0.3 is 5.97 Å². The van der Waals surface area contributed by atoms with Gasteiger partial charge in [0.05, 0.1) is 5.56 Å². The molecular formula is C12H8BrNO2S. The number of benzene rings is 1. The summed E-state index contributed by atoms with van der Waals surface area (Å²) in [7, 11) is 0. The van der Waals surface area contributed by atoms with Gasteiger partial charge in [-0.2, -0.15) is 0 Å². The summed E-state index contributed by atoms with van der Waals surface area (Å²) in [4.78, 5) is 15.9. The number of rotatable bonds is 3. The first-order valence-corrected chi connectivity index (χ1v) is 6.39. The number of nitrogens with zero attached hydrogens (tertiary/aromatic N) is 1. The second-order valence-corrected chi connectivity index (χ2v) is 5.26. The Labute approximate surface area is 111 Å². The lowest BCUT2D eigenvalue weighted by Gasteiger charge is -2.01. The topological polar surface area (TPSA) is 50.2 Å². The molecule has 1 aromatic heterocycles. The standard InChI is InChI=1S/C12H8BrNO2S/c13-9-3-6-11(14-7-9)17-10-4-1-8(2-5-10)12(15)16/h1-7H,(H,15,16). The molecule has 2 rings (SSSR count). The van der Waals surface area contributed by atoms with Gasteiger partial charge in [0.2, 0.25) is 0 Å². The minimum Gasteiger partial charge on any atom is -0.478 e. The average Bonchev–Trinajstić information content (AvgIpc) is 2.33. The molecule has 0 bridgehead atoms. The van der Waals surface area contributed by atoms with E-state index in [-0.39, 0.29) is 5.56 Å². The second-order valence-electron chi connectivity index (χ2n) is 3.25. The lowest BCUT2D eigenvalue weighted by Crippen LogP contribution is -1.94. The Balaban J connectivity index is 2.13. The summed E-state index contributed by atoms with van der Waals surface area (Å²) in [6.45, 7) is 0. The third-order valence-corrected chi connectivity index (χ3v) is 3.45. The van der Waals surface area contributed by atoms with Crippen molar-refractivity contribution in [2.75, 3.05) is 0 Å². The number of halogens is 1. The van der Waals surface area contributed by atoms with Gasteiger partial charge in [-0.3, -0.25) is 0 Å². The Morgan fingerprint density at radius 3 is 2.41 bits per heavy atom. The van der Waals surface area contributed by atoms with Gasteiger partial charge in [-0.25, -0.2) is 9.78 Å². The summed E-state index contributed by atoms with van der Waals surface area (Å²) in [6, 6.07) is 10.5. The van der Waals surface area contributed by atoms with Gasteiger partial charge in [0.1, 0.15) is 5.03 Å². The Kier molecular flexibility index (Phi) is 3.81. The highest BCUT2D eigenvalue weighted by molar-refractivity contribution is 9.10. The van der Waals surface area contributed by atoms with Crippen LogP contribution in [0.2, 0.25) is 0 Å². The van der Waals surface area contributed by atoms with Crippen molar-refractivity contribution in [3.05, 3.63) is 52.6 Å². The van der Waals surface area contributed by atoms with E-state index in [1.165, 1.54) is 11.8 Å². The first kappa shape index (κ1) is 12.1. The number of pyridine rings is 1. The van der Waals surface area contributed by atoms with Gasteiger partial charge in [-0.15, -0.1) is 0 Å². The molecule has 1 aromatic carbocycles. The molecule has 0 radical (unpaired) electrons. The predicted octanol–water partition coefficient (Wildman–Crippen LogP) is 3.69. The number of aromatic nitrogens is 1. The van der Waals surface area contributed by atoms with E-state index in [0.29, 0.717) is 0 Å². The first-order valence-electron chi connectivity index (χ1n) is 4.78. The molecule has 0 aliphatic heterocycles. The predicted molar refractivity (Wildman–Crippen MR) is 69.5 cm³/mol. The Morgan fingerprint density at radius 1 is 1.18 bits per heavy atom. The van der Waals surface area contributed by atoms with Crippen molar-refractivity contribution < 1.29 is 9.90 Å². The Morgan fingerprint density at radius 2 is 1.88 bits per heavy atom. The summed E-state index contributed by atoms with van der Waals surface area (Å²) in [5.74, 6) is -0.914.